The van der Waals surface area contributed by atoms with Crippen LogP contribution in [-0.2, 0) is 4.79 Å². The van der Waals surface area contributed by atoms with Crippen LogP contribution in [0.2, 0.25) is 5.15 Å². The zero-order valence-electron chi connectivity index (χ0n) is 11.8. The van der Waals surface area contributed by atoms with E-state index in [0.717, 1.165) is 11.4 Å². The molecular formula is C15H15ClN4O. The largest absolute Gasteiger partial charge is 0.323 e. The Kier molecular flexibility index (Phi) is 3.51. The summed E-state index contributed by atoms with van der Waals surface area (Å²) >= 11 is 6.10. The van der Waals surface area contributed by atoms with Crippen molar-refractivity contribution in [2.24, 2.45) is 0 Å². The quantitative estimate of drug-likeness (QED) is 0.864. The maximum atomic E-state index is 11.9. The van der Waals surface area contributed by atoms with Crippen LogP contribution in [0.5, 0.6) is 0 Å². The molecule has 1 aromatic heterocycles. The molecule has 0 spiro atoms. The molecule has 0 atom stereocenters. The van der Waals surface area contributed by atoms with E-state index >= 15 is 0 Å². The molecule has 0 unspecified atom stereocenters. The first kappa shape index (κ1) is 13.8. The molecule has 6 heteroatoms. The average Bonchev–Trinajstić information content (AvgIpc) is 2.45. The molecule has 1 amide bonds. The Hall–Kier alpha value is -2.14. The van der Waals surface area contributed by atoms with Crippen LogP contribution >= 0.6 is 11.6 Å². The van der Waals surface area contributed by atoms with Crippen molar-refractivity contribution in [3.05, 3.63) is 41.3 Å². The van der Waals surface area contributed by atoms with Crippen molar-refractivity contribution in [1.29, 1.82) is 0 Å². The van der Waals surface area contributed by atoms with Gasteiger partial charge >= 0.3 is 0 Å². The third-order valence-corrected chi connectivity index (χ3v) is 3.46. The van der Waals surface area contributed by atoms with Gasteiger partial charge in [0.05, 0.1) is 11.4 Å². The van der Waals surface area contributed by atoms with Gasteiger partial charge in [0.25, 0.3) is 0 Å². The summed E-state index contributed by atoms with van der Waals surface area (Å²) in [5, 5.41) is 3.24. The summed E-state index contributed by atoms with van der Waals surface area (Å²) in [6.45, 7) is 4.22. The van der Waals surface area contributed by atoms with Gasteiger partial charge in [-0.2, -0.15) is 0 Å². The first-order valence-electron chi connectivity index (χ1n) is 6.75. The Balaban J connectivity index is 2.10. The van der Waals surface area contributed by atoms with E-state index in [-0.39, 0.29) is 18.4 Å². The van der Waals surface area contributed by atoms with Gasteiger partial charge in [-0.3, -0.25) is 4.79 Å². The van der Waals surface area contributed by atoms with Crippen LogP contribution < -0.4 is 10.2 Å². The van der Waals surface area contributed by atoms with Gasteiger partial charge in [-0.15, -0.1) is 0 Å². The Morgan fingerprint density at radius 1 is 1.29 bits per heavy atom. The van der Waals surface area contributed by atoms with Crippen molar-refractivity contribution >= 4 is 34.7 Å². The highest BCUT2D eigenvalue weighted by Crippen LogP contribution is 2.34. The fourth-order valence-electron chi connectivity index (χ4n) is 2.26. The van der Waals surface area contributed by atoms with Crippen LogP contribution in [-0.4, -0.2) is 22.4 Å². The molecule has 0 radical (unpaired) electrons. The zero-order valence-corrected chi connectivity index (χ0v) is 12.6. The maximum Gasteiger partial charge on any atom is 0.244 e. The van der Waals surface area contributed by atoms with Gasteiger partial charge in [0, 0.05) is 12.0 Å². The first-order valence-corrected chi connectivity index (χ1v) is 7.13. The number of benzene rings is 1. The predicted octanol–water partition coefficient (Wildman–Crippen LogP) is 3.34. The molecule has 108 valence electrons. The average molecular weight is 303 g/mol. The van der Waals surface area contributed by atoms with E-state index in [1.54, 1.807) is 6.07 Å². The number of hydrogen-bond donors (Lipinski definition) is 1. The van der Waals surface area contributed by atoms with Crippen LogP contribution in [0.3, 0.4) is 0 Å². The number of amides is 1. The summed E-state index contributed by atoms with van der Waals surface area (Å²) in [7, 11) is 0. The summed E-state index contributed by atoms with van der Waals surface area (Å²) < 4.78 is 0. The highest BCUT2D eigenvalue weighted by atomic mass is 35.5. The minimum atomic E-state index is -0.0745. The van der Waals surface area contributed by atoms with Gasteiger partial charge in [-0.05, 0) is 12.1 Å². The molecule has 21 heavy (non-hydrogen) atoms. The number of nitrogens with one attached hydrogen (secondary N) is 1. The number of carbonyl (C=O) groups is 1. The number of rotatable bonds is 2. The fourth-order valence-corrected chi connectivity index (χ4v) is 2.44. The Morgan fingerprint density at radius 3 is 2.81 bits per heavy atom. The predicted molar refractivity (Wildman–Crippen MR) is 83.2 cm³/mol. The fraction of sp³-hybridized carbons (Fsp3) is 0.267. The number of nitrogens with zero attached hydrogens (tertiary/aromatic N) is 3. The second kappa shape index (κ2) is 5.33. The maximum absolute atomic E-state index is 11.9. The smallest absolute Gasteiger partial charge is 0.244 e. The van der Waals surface area contributed by atoms with Crippen molar-refractivity contribution < 1.29 is 4.79 Å². The molecule has 5 nitrogen and oxygen atoms in total. The highest BCUT2D eigenvalue weighted by Gasteiger charge is 2.24. The van der Waals surface area contributed by atoms with Crippen LogP contribution in [0.4, 0.5) is 17.2 Å². The number of carbonyl (C=O) groups excluding carboxylic acids is 1. The molecule has 0 fully saturated rings. The Morgan fingerprint density at radius 2 is 2.05 bits per heavy atom. The van der Waals surface area contributed by atoms with Crippen molar-refractivity contribution in [1.82, 2.24) is 9.97 Å². The summed E-state index contributed by atoms with van der Waals surface area (Å²) in [4.78, 5) is 22.5. The van der Waals surface area contributed by atoms with Crippen LogP contribution in [0.1, 0.15) is 25.6 Å². The third-order valence-electron chi connectivity index (χ3n) is 3.26. The highest BCUT2D eigenvalue weighted by molar-refractivity contribution is 6.29. The molecule has 0 saturated carbocycles. The van der Waals surface area contributed by atoms with Gasteiger partial charge in [-0.25, -0.2) is 9.97 Å². The second-order valence-electron chi connectivity index (χ2n) is 5.21. The van der Waals surface area contributed by atoms with E-state index in [9.17, 15) is 4.79 Å². The number of fused-ring (bicyclic) bond motifs is 1. The number of para-hydroxylation sites is 2. The third kappa shape index (κ3) is 2.69. The normalized spacial score (nSPS) is 14.1. The molecule has 1 aliphatic rings. The van der Waals surface area contributed by atoms with Crippen LogP contribution in [0.15, 0.2) is 30.3 Å². The lowest BCUT2D eigenvalue weighted by Crippen LogP contribution is -2.35. The molecule has 2 aromatic rings. The van der Waals surface area contributed by atoms with E-state index in [4.69, 9.17) is 11.6 Å². The molecular weight excluding hydrogens is 288 g/mol. The topological polar surface area (TPSA) is 58.1 Å². The van der Waals surface area contributed by atoms with E-state index in [0.29, 0.717) is 16.8 Å². The molecule has 3 rings (SSSR count). The van der Waals surface area contributed by atoms with Crippen molar-refractivity contribution in [2.75, 3.05) is 16.8 Å². The summed E-state index contributed by atoms with van der Waals surface area (Å²) in [5.74, 6) is 1.40. The van der Waals surface area contributed by atoms with Crippen LogP contribution in [0.25, 0.3) is 0 Å². The van der Waals surface area contributed by atoms with Crippen molar-refractivity contribution in [2.45, 2.75) is 19.8 Å². The van der Waals surface area contributed by atoms with Gasteiger partial charge in [0.2, 0.25) is 5.91 Å². The summed E-state index contributed by atoms with van der Waals surface area (Å²) in [6, 6.07) is 9.30. The van der Waals surface area contributed by atoms with Gasteiger partial charge in [-0.1, -0.05) is 37.6 Å². The lowest BCUT2D eigenvalue weighted by atomic mass is 10.2. The Bertz CT molecular complexity index is 702. The zero-order chi connectivity index (χ0) is 15.0. The van der Waals surface area contributed by atoms with E-state index in [1.165, 1.54) is 0 Å². The minimum Gasteiger partial charge on any atom is -0.323 e. The summed E-state index contributed by atoms with van der Waals surface area (Å²) in [6.07, 6.45) is 0. The molecule has 0 aliphatic carbocycles. The molecule has 1 aliphatic heterocycles. The SMILES string of the molecule is CC(C)c1nc(Cl)cc(N2CC(=O)Nc3ccccc32)n1. The number of anilines is 3. The lowest BCUT2D eigenvalue weighted by molar-refractivity contribution is -0.115. The molecule has 0 bridgehead atoms. The van der Waals surface area contributed by atoms with E-state index < -0.39 is 0 Å². The van der Waals surface area contributed by atoms with E-state index in [1.807, 2.05) is 43.0 Å². The molecule has 0 saturated heterocycles. The van der Waals surface area contributed by atoms with Crippen LogP contribution in [0, 0.1) is 0 Å². The first-order chi connectivity index (χ1) is 10.0. The minimum absolute atomic E-state index is 0.0745. The van der Waals surface area contributed by atoms with E-state index in [2.05, 4.69) is 15.3 Å². The number of halogens is 1. The van der Waals surface area contributed by atoms with Gasteiger partial charge < -0.3 is 10.2 Å². The second-order valence-corrected chi connectivity index (χ2v) is 5.60. The van der Waals surface area contributed by atoms with Crippen molar-refractivity contribution in [3.8, 4) is 0 Å². The number of aromatic nitrogens is 2. The molecule has 2 heterocycles. The summed E-state index contributed by atoms with van der Waals surface area (Å²) in [5.41, 5.74) is 1.68. The standard InChI is InChI=1S/C15H15ClN4O/c1-9(2)15-18-12(16)7-13(19-15)20-8-14(21)17-10-5-3-4-6-11(10)20/h3-7,9H,8H2,1-2H3,(H,17,21). The van der Waals surface area contributed by atoms with Crippen molar-refractivity contribution in [3.63, 3.8) is 0 Å². The Labute approximate surface area is 128 Å². The molecule has 1 N–H and O–H groups in total. The van der Waals surface area contributed by atoms with Gasteiger partial charge in [0.1, 0.15) is 23.3 Å². The van der Waals surface area contributed by atoms with Gasteiger partial charge in [0.15, 0.2) is 0 Å². The lowest BCUT2D eigenvalue weighted by Gasteiger charge is -2.30. The molecule has 1 aromatic carbocycles. The number of hydrogen-bond acceptors (Lipinski definition) is 4. The monoisotopic (exact) mass is 302 g/mol.